The molecule has 1 aliphatic heterocycles. The minimum Gasteiger partial charge on any atom is -0.314 e. The Kier molecular flexibility index (Phi) is 4.18. The second-order valence-electron chi connectivity index (χ2n) is 3.45. The maximum Gasteiger partial charge on any atom is 0.224 e. The summed E-state index contributed by atoms with van der Waals surface area (Å²) in [5, 5.41) is 7.21. The molecule has 0 aromatic carbocycles. The van der Waals surface area contributed by atoms with Crippen molar-refractivity contribution in [2.24, 2.45) is 0 Å². The predicted molar refractivity (Wildman–Crippen MR) is 52.1 cm³/mol. The lowest BCUT2D eigenvalue weighted by molar-refractivity contribution is -0.141. The Balaban J connectivity index is 2.48. The largest absolute Gasteiger partial charge is 0.314 e. The molecule has 1 amide bonds. The number of nitrogens with one attached hydrogen (secondary N) is 1. The summed E-state index contributed by atoms with van der Waals surface area (Å²) in [6.07, 6.45) is 1.95. The summed E-state index contributed by atoms with van der Waals surface area (Å²) < 4.78 is 0. The zero-order valence-corrected chi connectivity index (χ0v) is 8.49. The van der Waals surface area contributed by atoms with Crippen molar-refractivity contribution >= 4 is 6.41 Å². The molecule has 1 rings (SSSR count). The van der Waals surface area contributed by atoms with Crippen LogP contribution in [0.5, 0.6) is 0 Å². The summed E-state index contributed by atoms with van der Waals surface area (Å²) in [6, 6.07) is 0.315. The molecule has 1 aliphatic rings. The molecule has 0 radical (unpaired) electrons. The zero-order chi connectivity index (χ0) is 9.68. The SMILES string of the molecule is CCC(C)N(C=O)N1CCNCC1. The van der Waals surface area contributed by atoms with E-state index in [1.165, 1.54) is 0 Å². The van der Waals surface area contributed by atoms with Crippen LogP contribution < -0.4 is 5.32 Å². The zero-order valence-electron chi connectivity index (χ0n) is 8.49. The fraction of sp³-hybridized carbons (Fsp3) is 0.889. The van der Waals surface area contributed by atoms with E-state index in [-0.39, 0.29) is 0 Å². The summed E-state index contributed by atoms with van der Waals surface area (Å²) >= 11 is 0. The maximum absolute atomic E-state index is 10.9. The number of nitrogens with zero attached hydrogens (tertiary/aromatic N) is 2. The number of rotatable bonds is 4. The summed E-state index contributed by atoms with van der Waals surface area (Å²) in [5.74, 6) is 0. The monoisotopic (exact) mass is 185 g/mol. The number of hydrogen-bond donors (Lipinski definition) is 1. The van der Waals surface area contributed by atoms with E-state index in [2.05, 4.69) is 24.2 Å². The molecule has 1 fully saturated rings. The third kappa shape index (κ3) is 2.67. The summed E-state index contributed by atoms with van der Waals surface area (Å²) in [5.41, 5.74) is 0. The first-order valence-corrected chi connectivity index (χ1v) is 4.98. The van der Waals surface area contributed by atoms with Gasteiger partial charge in [-0.2, -0.15) is 0 Å². The van der Waals surface area contributed by atoms with Crippen LogP contribution in [-0.2, 0) is 4.79 Å². The first-order valence-electron chi connectivity index (χ1n) is 4.98. The quantitative estimate of drug-likeness (QED) is 0.629. The Bertz CT molecular complexity index is 157. The number of carbonyl (C=O) groups is 1. The van der Waals surface area contributed by atoms with Gasteiger partial charge < -0.3 is 5.32 Å². The van der Waals surface area contributed by atoms with Gasteiger partial charge in [-0.25, -0.2) is 5.01 Å². The van der Waals surface area contributed by atoms with E-state index in [0.717, 1.165) is 39.0 Å². The highest BCUT2D eigenvalue weighted by atomic mass is 16.1. The van der Waals surface area contributed by atoms with Crippen LogP contribution >= 0.6 is 0 Å². The van der Waals surface area contributed by atoms with Gasteiger partial charge in [-0.15, -0.1) is 0 Å². The average Bonchev–Trinajstić information content (AvgIpc) is 2.20. The molecule has 4 nitrogen and oxygen atoms in total. The lowest BCUT2D eigenvalue weighted by atomic mass is 10.2. The fourth-order valence-corrected chi connectivity index (χ4v) is 1.52. The highest BCUT2D eigenvalue weighted by Crippen LogP contribution is 2.06. The third-order valence-electron chi connectivity index (χ3n) is 2.57. The van der Waals surface area contributed by atoms with Crippen molar-refractivity contribution in [3.8, 4) is 0 Å². The lowest BCUT2D eigenvalue weighted by Crippen LogP contribution is -2.54. The number of hydrogen-bond acceptors (Lipinski definition) is 3. The summed E-state index contributed by atoms with van der Waals surface area (Å²) in [4.78, 5) is 10.9. The van der Waals surface area contributed by atoms with E-state index in [4.69, 9.17) is 0 Å². The number of carbonyl (C=O) groups excluding carboxylic acids is 1. The average molecular weight is 185 g/mol. The number of amides is 1. The molecule has 13 heavy (non-hydrogen) atoms. The van der Waals surface area contributed by atoms with Gasteiger partial charge in [-0.1, -0.05) is 6.92 Å². The van der Waals surface area contributed by atoms with Gasteiger partial charge in [-0.3, -0.25) is 9.80 Å². The van der Waals surface area contributed by atoms with Gasteiger partial charge in [0.25, 0.3) is 0 Å². The van der Waals surface area contributed by atoms with Crippen LogP contribution in [-0.4, -0.2) is 48.6 Å². The fourth-order valence-electron chi connectivity index (χ4n) is 1.52. The van der Waals surface area contributed by atoms with E-state index in [0.29, 0.717) is 6.04 Å². The van der Waals surface area contributed by atoms with Gasteiger partial charge >= 0.3 is 0 Å². The van der Waals surface area contributed by atoms with Gasteiger partial charge in [-0.05, 0) is 13.3 Å². The molecule has 0 saturated carbocycles. The van der Waals surface area contributed by atoms with E-state index >= 15 is 0 Å². The third-order valence-corrected chi connectivity index (χ3v) is 2.57. The number of piperazine rings is 1. The van der Waals surface area contributed by atoms with Gasteiger partial charge in [0.2, 0.25) is 6.41 Å². The van der Waals surface area contributed by atoms with Crippen molar-refractivity contribution in [3.63, 3.8) is 0 Å². The van der Waals surface area contributed by atoms with Gasteiger partial charge in [0, 0.05) is 32.2 Å². The van der Waals surface area contributed by atoms with Crippen LogP contribution in [0, 0.1) is 0 Å². The minimum absolute atomic E-state index is 0.315. The van der Waals surface area contributed by atoms with E-state index in [9.17, 15) is 4.79 Å². The molecule has 1 atom stereocenters. The molecule has 0 aromatic rings. The first-order chi connectivity index (χ1) is 6.29. The molecule has 1 unspecified atom stereocenters. The second kappa shape index (κ2) is 5.19. The van der Waals surface area contributed by atoms with Crippen molar-refractivity contribution in [2.75, 3.05) is 26.2 Å². The molecule has 1 heterocycles. The van der Waals surface area contributed by atoms with Gasteiger partial charge in [0.15, 0.2) is 0 Å². The highest BCUT2D eigenvalue weighted by Gasteiger charge is 2.19. The number of hydrazine groups is 1. The molecule has 1 N–H and O–H groups in total. The molecule has 0 bridgehead atoms. The molecule has 0 aromatic heterocycles. The smallest absolute Gasteiger partial charge is 0.224 e. The van der Waals surface area contributed by atoms with E-state index < -0.39 is 0 Å². The maximum atomic E-state index is 10.9. The predicted octanol–water partition coefficient (Wildman–Crippen LogP) is 0.0635. The van der Waals surface area contributed by atoms with E-state index in [1.807, 2.05) is 5.01 Å². The molecule has 0 spiro atoms. The van der Waals surface area contributed by atoms with Gasteiger partial charge in [0.1, 0.15) is 0 Å². The highest BCUT2D eigenvalue weighted by molar-refractivity contribution is 5.46. The molecular formula is C9H19N3O. The Morgan fingerprint density at radius 3 is 2.62 bits per heavy atom. The minimum atomic E-state index is 0.315. The Morgan fingerprint density at radius 2 is 2.15 bits per heavy atom. The molecule has 1 saturated heterocycles. The Hall–Kier alpha value is -0.610. The van der Waals surface area contributed by atoms with Crippen molar-refractivity contribution in [1.82, 2.24) is 15.3 Å². The van der Waals surface area contributed by atoms with E-state index in [1.54, 1.807) is 0 Å². The van der Waals surface area contributed by atoms with Crippen LogP contribution in [0.2, 0.25) is 0 Å². The summed E-state index contributed by atoms with van der Waals surface area (Å²) in [6.45, 7) is 7.99. The van der Waals surface area contributed by atoms with Crippen LogP contribution in [0.3, 0.4) is 0 Å². The second-order valence-corrected chi connectivity index (χ2v) is 3.45. The normalized spacial score (nSPS) is 21.1. The Morgan fingerprint density at radius 1 is 1.54 bits per heavy atom. The topological polar surface area (TPSA) is 35.6 Å². The van der Waals surface area contributed by atoms with Crippen molar-refractivity contribution in [3.05, 3.63) is 0 Å². The van der Waals surface area contributed by atoms with Crippen molar-refractivity contribution in [2.45, 2.75) is 26.3 Å². The van der Waals surface area contributed by atoms with Crippen LogP contribution in [0.4, 0.5) is 0 Å². The standard InChI is InChI=1S/C9H19N3O/c1-3-9(2)12(8-13)11-6-4-10-5-7-11/h8-10H,3-7H2,1-2H3. The van der Waals surface area contributed by atoms with Crippen molar-refractivity contribution < 1.29 is 4.79 Å². The summed E-state index contributed by atoms with van der Waals surface area (Å²) in [7, 11) is 0. The molecular weight excluding hydrogens is 166 g/mol. The molecule has 4 heteroatoms. The van der Waals surface area contributed by atoms with Crippen LogP contribution in [0.25, 0.3) is 0 Å². The Labute approximate surface area is 79.9 Å². The molecule has 0 aliphatic carbocycles. The van der Waals surface area contributed by atoms with Crippen LogP contribution in [0.15, 0.2) is 0 Å². The van der Waals surface area contributed by atoms with Crippen LogP contribution in [0.1, 0.15) is 20.3 Å². The van der Waals surface area contributed by atoms with Gasteiger partial charge in [0.05, 0.1) is 0 Å². The lowest BCUT2D eigenvalue weighted by Gasteiger charge is -2.38. The van der Waals surface area contributed by atoms with Crippen molar-refractivity contribution in [1.29, 1.82) is 0 Å². The molecule has 76 valence electrons. The first kappa shape index (κ1) is 10.5.